The van der Waals surface area contributed by atoms with E-state index < -0.39 is 0 Å². The zero-order valence-corrected chi connectivity index (χ0v) is 16.1. The van der Waals surface area contributed by atoms with Crippen LogP contribution in [0.2, 0.25) is 0 Å². The van der Waals surface area contributed by atoms with E-state index in [4.69, 9.17) is 0 Å². The fourth-order valence-corrected chi connectivity index (χ4v) is 3.75. The highest BCUT2D eigenvalue weighted by molar-refractivity contribution is 5.42. The van der Waals surface area contributed by atoms with Crippen molar-refractivity contribution in [1.29, 1.82) is 0 Å². The normalized spacial score (nSPS) is 14.7. The van der Waals surface area contributed by atoms with E-state index >= 15 is 0 Å². The molecule has 1 fully saturated rings. The van der Waals surface area contributed by atoms with Gasteiger partial charge in [0.1, 0.15) is 11.6 Å². The molecule has 2 aromatic carbocycles. The van der Waals surface area contributed by atoms with Crippen LogP contribution >= 0.6 is 0 Å². The maximum atomic E-state index is 14.0. The molecule has 6 nitrogen and oxygen atoms in total. The Balaban J connectivity index is 1.70. The van der Waals surface area contributed by atoms with E-state index in [1.165, 1.54) is 26.4 Å². The average Bonchev–Trinajstić information content (AvgIpc) is 3.33. The van der Waals surface area contributed by atoms with Gasteiger partial charge in [-0.1, -0.05) is 31.2 Å². The summed E-state index contributed by atoms with van der Waals surface area (Å²) in [5.41, 5.74) is 9.77. The van der Waals surface area contributed by atoms with Gasteiger partial charge in [-0.15, -0.1) is 0 Å². The molecule has 1 aromatic heterocycles. The van der Waals surface area contributed by atoms with Gasteiger partial charge in [-0.3, -0.25) is 15.4 Å². The molecule has 2 heterocycles. The van der Waals surface area contributed by atoms with Gasteiger partial charge in [0.2, 0.25) is 0 Å². The summed E-state index contributed by atoms with van der Waals surface area (Å²) >= 11 is 0. The molecule has 0 atom stereocenters. The van der Waals surface area contributed by atoms with E-state index in [-0.39, 0.29) is 18.1 Å². The summed E-state index contributed by atoms with van der Waals surface area (Å²) in [5.74, 6) is 0.651. The first-order valence-electron chi connectivity index (χ1n) is 9.57. The van der Waals surface area contributed by atoms with Crippen molar-refractivity contribution in [2.75, 3.05) is 13.1 Å². The van der Waals surface area contributed by atoms with E-state index in [0.29, 0.717) is 17.3 Å². The Morgan fingerprint density at radius 2 is 1.89 bits per heavy atom. The van der Waals surface area contributed by atoms with Crippen molar-refractivity contribution in [2.24, 2.45) is 0 Å². The Bertz CT molecular complexity index is 1050. The second kappa shape index (κ2) is 7.69. The van der Waals surface area contributed by atoms with Gasteiger partial charge in [-0.2, -0.15) is 9.78 Å². The maximum absolute atomic E-state index is 14.0. The first-order valence-corrected chi connectivity index (χ1v) is 9.57. The Morgan fingerprint density at radius 3 is 2.61 bits per heavy atom. The summed E-state index contributed by atoms with van der Waals surface area (Å²) in [5, 5.41) is 4.43. The van der Waals surface area contributed by atoms with Crippen LogP contribution in [0, 0.1) is 12.7 Å². The highest BCUT2D eigenvalue weighted by Gasteiger charge is 2.20. The lowest BCUT2D eigenvalue weighted by Crippen LogP contribution is -2.25. The van der Waals surface area contributed by atoms with Gasteiger partial charge in [0.05, 0.1) is 12.2 Å². The molecule has 0 bridgehead atoms. The van der Waals surface area contributed by atoms with Gasteiger partial charge in [-0.25, -0.2) is 9.18 Å². The lowest BCUT2D eigenvalue weighted by Gasteiger charge is -2.14. The largest absolute Gasteiger partial charge is 0.351 e. The molecule has 0 amide bonds. The summed E-state index contributed by atoms with van der Waals surface area (Å²) in [7, 11) is 0. The number of halogens is 1. The van der Waals surface area contributed by atoms with E-state index in [1.54, 1.807) is 25.1 Å². The minimum absolute atomic E-state index is 0.162. The SMILES string of the molecule is CCc1cc(-n2nc(C)n(Cc3ccccc3F)c2=O)ccc1C1CNNC1. The molecule has 0 spiro atoms. The summed E-state index contributed by atoms with van der Waals surface area (Å²) in [4.78, 5) is 13.0. The van der Waals surface area contributed by atoms with Crippen LogP contribution in [0.25, 0.3) is 5.69 Å². The van der Waals surface area contributed by atoms with E-state index in [0.717, 1.165) is 25.2 Å². The highest BCUT2D eigenvalue weighted by Crippen LogP contribution is 2.24. The molecule has 0 unspecified atom stereocenters. The predicted molar refractivity (Wildman–Crippen MR) is 106 cm³/mol. The molecule has 1 saturated heterocycles. The summed E-state index contributed by atoms with van der Waals surface area (Å²) in [6.07, 6.45) is 0.878. The Morgan fingerprint density at radius 1 is 1.14 bits per heavy atom. The second-order valence-corrected chi connectivity index (χ2v) is 7.11. The zero-order valence-electron chi connectivity index (χ0n) is 16.1. The van der Waals surface area contributed by atoms with Crippen LogP contribution in [0.5, 0.6) is 0 Å². The lowest BCUT2D eigenvalue weighted by molar-refractivity contribution is 0.593. The number of aryl methyl sites for hydroxylation is 2. The van der Waals surface area contributed by atoms with Crippen molar-refractivity contribution >= 4 is 0 Å². The Kier molecular flexibility index (Phi) is 5.11. The summed E-state index contributed by atoms with van der Waals surface area (Å²) in [6, 6.07) is 12.6. The van der Waals surface area contributed by atoms with Crippen LogP contribution in [0.4, 0.5) is 4.39 Å². The van der Waals surface area contributed by atoms with Crippen LogP contribution in [-0.4, -0.2) is 27.4 Å². The van der Waals surface area contributed by atoms with E-state index in [9.17, 15) is 9.18 Å². The summed E-state index contributed by atoms with van der Waals surface area (Å²) in [6.45, 7) is 5.83. The summed E-state index contributed by atoms with van der Waals surface area (Å²) < 4.78 is 16.9. The van der Waals surface area contributed by atoms with E-state index in [2.05, 4.69) is 28.9 Å². The standard InChI is InChI=1S/C21H24FN5O/c1-3-15-10-18(8-9-19(15)17-11-23-24-12-17)27-21(28)26(14(2)25-27)13-16-6-4-5-7-20(16)22/h4-10,17,23-24H,3,11-13H2,1-2H3. The lowest BCUT2D eigenvalue weighted by atomic mass is 9.93. The molecule has 28 heavy (non-hydrogen) atoms. The molecule has 146 valence electrons. The molecule has 0 saturated carbocycles. The number of nitrogens with one attached hydrogen (secondary N) is 2. The number of benzene rings is 2. The monoisotopic (exact) mass is 381 g/mol. The van der Waals surface area contributed by atoms with Crippen molar-refractivity contribution in [3.05, 3.63) is 81.3 Å². The smallest absolute Gasteiger partial charge is 0.274 e. The topological polar surface area (TPSA) is 63.9 Å². The quantitative estimate of drug-likeness (QED) is 0.712. The van der Waals surface area contributed by atoms with Crippen molar-refractivity contribution in [3.8, 4) is 5.69 Å². The molecule has 1 aliphatic rings. The van der Waals surface area contributed by atoms with Crippen LogP contribution in [0.3, 0.4) is 0 Å². The molecule has 3 aromatic rings. The first-order chi connectivity index (χ1) is 13.6. The molecule has 2 N–H and O–H groups in total. The van der Waals surface area contributed by atoms with Crippen molar-refractivity contribution < 1.29 is 4.39 Å². The number of nitrogens with zero attached hydrogens (tertiary/aromatic N) is 3. The maximum Gasteiger partial charge on any atom is 0.351 e. The number of rotatable bonds is 5. The van der Waals surface area contributed by atoms with Crippen LogP contribution in [-0.2, 0) is 13.0 Å². The molecule has 0 radical (unpaired) electrons. The molecule has 7 heteroatoms. The number of hydrazine groups is 1. The first kappa shape index (κ1) is 18.6. The minimum Gasteiger partial charge on any atom is -0.274 e. The van der Waals surface area contributed by atoms with Gasteiger partial charge >= 0.3 is 5.69 Å². The Hall–Kier alpha value is -2.77. The molecule has 0 aliphatic carbocycles. The third-order valence-electron chi connectivity index (χ3n) is 5.35. The third kappa shape index (κ3) is 3.39. The molecular formula is C21H24FN5O. The molecule has 1 aliphatic heterocycles. The molecule has 4 rings (SSSR count). The van der Waals surface area contributed by atoms with Crippen molar-refractivity contribution in [2.45, 2.75) is 32.7 Å². The van der Waals surface area contributed by atoms with Gasteiger partial charge in [0, 0.05) is 24.6 Å². The Labute approximate surface area is 163 Å². The van der Waals surface area contributed by atoms with Crippen LogP contribution < -0.4 is 16.5 Å². The number of hydrogen-bond acceptors (Lipinski definition) is 4. The zero-order chi connectivity index (χ0) is 19.7. The average molecular weight is 381 g/mol. The third-order valence-corrected chi connectivity index (χ3v) is 5.35. The van der Waals surface area contributed by atoms with Crippen molar-refractivity contribution in [1.82, 2.24) is 25.2 Å². The van der Waals surface area contributed by atoms with E-state index in [1.807, 2.05) is 12.1 Å². The van der Waals surface area contributed by atoms with Crippen molar-refractivity contribution in [3.63, 3.8) is 0 Å². The molecular weight excluding hydrogens is 357 g/mol. The second-order valence-electron chi connectivity index (χ2n) is 7.11. The fraction of sp³-hybridized carbons (Fsp3) is 0.333. The van der Waals surface area contributed by atoms with Crippen LogP contribution in [0.15, 0.2) is 47.3 Å². The van der Waals surface area contributed by atoms with Gasteiger partial charge in [-0.05, 0) is 42.7 Å². The van der Waals surface area contributed by atoms with Gasteiger partial charge < -0.3 is 0 Å². The van der Waals surface area contributed by atoms with Crippen LogP contribution in [0.1, 0.15) is 35.4 Å². The highest BCUT2D eigenvalue weighted by atomic mass is 19.1. The number of aromatic nitrogens is 3. The van der Waals surface area contributed by atoms with Gasteiger partial charge in [0.15, 0.2) is 0 Å². The predicted octanol–water partition coefficient (Wildman–Crippen LogP) is 2.28. The minimum atomic E-state index is -0.321. The number of hydrogen-bond donors (Lipinski definition) is 2. The van der Waals surface area contributed by atoms with Gasteiger partial charge in [0.25, 0.3) is 0 Å². The fourth-order valence-electron chi connectivity index (χ4n) is 3.75.